The number of hydrogen-bond acceptors (Lipinski definition) is 7. The number of anilines is 2. The van der Waals surface area contributed by atoms with E-state index < -0.39 is 0 Å². The molecule has 1 aliphatic rings. The van der Waals surface area contributed by atoms with Crippen LogP contribution in [0.25, 0.3) is 0 Å². The number of hydrogen-bond donors (Lipinski definition) is 1. The lowest BCUT2D eigenvalue weighted by atomic mass is 10.2. The van der Waals surface area contributed by atoms with Gasteiger partial charge in [0.05, 0.1) is 26.6 Å². The number of methoxy groups -OCH3 is 2. The predicted molar refractivity (Wildman–Crippen MR) is 90.5 cm³/mol. The standard InChI is InChI=1S/C17H19N5O2/c1-23-15-5-14(6-16(7-15)24-2)22-4-3-12(11-22)21-17-10-19-13(8-18)9-20-17/h5-7,9-10,12H,3-4,11H2,1-2H3,(H,20,21). The molecule has 2 heterocycles. The molecule has 1 unspecified atom stereocenters. The summed E-state index contributed by atoms with van der Waals surface area (Å²) in [6.07, 6.45) is 4.05. The Hall–Kier alpha value is -3.01. The molecule has 0 bridgehead atoms. The number of benzene rings is 1. The molecule has 0 amide bonds. The lowest BCUT2D eigenvalue weighted by molar-refractivity contribution is 0.394. The second-order valence-corrected chi connectivity index (χ2v) is 5.55. The molecule has 1 atom stereocenters. The molecular formula is C17H19N5O2. The van der Waals surface area contributed by atoms with Crippen LogP contribution in [0.4, 0.5) is 11.5 Å². The molecule has 1 aromatic carbocycles. The van der Waals surface area contributed by atoms with E-state index in [1.807, 2.05) is 24.3 Å². The third kappa shape index (κ3) is 3.49. The smallest absolute Gasteiger partial charge is 0.158 e. The molecule has 7 heteroatoms. The summed E-state index contributed by atoms with van der Waals surface area (Å²) in [5, 5.41) is 12.1. The van der Waals surface area contributed by atoms with Crippen molar-refractivity contribution in [3.05, 3.63) is 36.3 Å². The SMILES string of the molecule is COc1cc(OC)cc(N2CCC(Nc3cnc(C#N)cn3)C2)c1. The summed E-state index contributed by atoms with van der Waals surface area (Å²) in [6, 6.07) is 8.11. The van der Waals surface area contributed by atoms with Gasteiger partial charge in [-0.05, 0) is 6.42 Å². The average molecular weight is 325 g/mol. The fourth-order valence-electron chi connectivity index (χ4n) is 2.76. The molecule has 1 fully saturated rings. The normalized spacial score (nSPS) is 16.5. The highest BCUT2D eigenvalue weighted by molar-refractivity contribution is 5.57. The highest BCUT2D eigenvalue weighted by Crippen LogP contribution is 2.30. The van der Waals surface area contributed by atoms with E-state index in [0.29, 0.717) is 11.5 Å². The molecule has 0 saturated carbocycles. The third-order valence-corrected chi connectivity index (χ3v) is 4.01. The summed E-state index contributed by atoms with van der Waals surface area (Å²) < 4.78 is 10.7. The van der Waals surface area contributed by atoms with Gasteiger partial charge in [0.2, 0.25) is 0 Å². The van der Waals surface area contributed by atoms with Crippen molar-refractivity contribution in [3.63, 3.8) is 0 Å². The van der Waals surface area contributed by atoms with Crippen molar-refractivity contribution in [1.82, 2.24) is 9.97 Å². The summed E-state index contributed by atoms with van der Waals surface area (Å²) in [7, 11) is 3.30. The first-order chi connectivity index (χ1) is 11.7. The van der Waals surface area contributed by atoms with Crippen LogP contribution in [-0.2, 0) is 0 Å². The number of ether oxygens (including phenoxy) is 2. The lowest BCUT2D eigenvalue weighted by Crippen LogP contribution is -2.26. The van der Waals surface area contributed by atoms with Gasteiger partial charge >= 0.3 is 0 Å². The fourth-order valence-corrected chi connectivity index (χ4v) is 2.76. The zero-order valence-electron chi connectivity index (χ0n) is 13.7. The first-order valence-corrected chi connectivity index (χ1v) is 7.68. The van der Waals surface area contributed by atoms with Crippen LogP contribution in [0.15, 0.2) is 30.6 Å². The van der Waals surface area contributed by atoms with Gasteiger partial charge in [-0.25, -0.2) is 9.97 Å². The van der Waals surface area contributed by atoms with Gasteiger partial charge in [0.1, 0.15) is 23.4 Å². The molecule has 1 aliphatic heterocycles. The maximum Gasteiger partial charge on any atom is 0.158 e. The molecule has 1 aromatic heterocycles. The van der Waals surface area contributed by atoms with E-state index in [9.17, 15) is 0 Å². The van der Waals surface area contributed by atoms with Crippen LogP contribution in [0.3, 0.4) is 0 Å². The van der Waals surface area contributed by atoms with Crippen molar-refractivity contribution in [2.24, 2.45) is 0 Å². The van der Waals surface area contributed by atoms with Crippen molar-refractivity contribution >= 4 is 11.5 Å². The van der Waals surface area contributed by atoms with Gasteiger partial charge in [0.15, 0.2) is 5.69 Å². The third-order valence-electron chi connectivity index (χ3n) is 4.01. The zero-order valence-corrected chi connectivity index (χ0v) is 13.7. The molecule has 24 heavy (non-hydrogen) atoms. The topological polar surface area (TPSA) is 83.3 Å². The molecule has 124 valence electrons. The van der Waals surface area contributed by atoms with E-state index in [2.05, 4.69) is 20.2 Å². The summed E-state index contributed by atoms with van der Waals surface area (Å²) in [5.41, 5.74) is 1.39. The Morgan fingerprint density at radius 2 is 1.92 bits per heavy atom. The Labute approximate surface area is 140 Å². The van der Waals surface area contributed by atoms with Crippen LogP contribution >= 0.6 is 0 Å². The Morgan fingerprint density at radius 1 is 1.17 bits per heavy atom. The van der Waals surface area contributed by atoms with Crippen LogP contribution in [0, 0.1) is 11.3 Å². The molecule has 0 spiro atoms. The second kappa shape index (κ2) is 7.04. The Bertz CT molecular complexity index is 719. The molecule has 0 aliphatic carbocycles. The number of nitriles is 1. The highest BCUT2D eigenvalue weighted by Gasteiger charge is 2.23. The maximum absolute atomic E-state index is 8.76. The first kappa shape index (κ1) is 15.9. The van der Waals surface area contributed by atoms with Crippen LogP contribution in [0.5, 0.6) is 11.5 Å². The largest absolute Gasteiger partial charge is 0.497 e. The van der Waals surface area contributed by atoms with Gasteiger partial charge < -0.3 is 19.7 Å². The Kier molecular flexibility index (Phi) is 4.66. The van der Waals surface area contributed by atoms with Gasteiger partial charge in [-0.15, -0.1) is 0 Å². The molecule has 3 rings (SSSR count). The van der Waals surface area contributed by atoms with Gasteiger partial charge in [0, 0.05) is 43.0 Å². The molecule has 1 saturated heterocycles. The predicted octanol–water partition coefficient (Wildman–Crippen LogP) is 2.06. The summed E-state index contributed by atoms with van der Waals surface area (Å²) >= 11 is 0. The number of rotatable bonds is 5. The average Bonchev–Trinajstić information content (AvgIpc) is 3.10. The van der Waals surface area contributed by atoms with E-state index in [0.717, 1.165) is 36.7 Å². The van der Waals surface area contributed by atoms with Gasteiger partial charge in [0.25, 0.3) is 0 Å². The molecule has 1 N–H and O–H groups in total. The molecule has 0 radical (unpaired) electrons. The molecule has 2 aromatic rings. The number of aromatic nitrogens is 2. The molecule has 7 nitrogen and oxygen atoms in total. The van der Waals surface area contributed by atoms with Crippen molar-refractivity contribution in [2.75, 3.05) is 37.5 Å². The van der Waals surface area contributed by atoms with Crippen LogP contribution in [0.1, 0.15) is 12.1 Å². The van der Waals surface area contributed by atoms with Gasteiger partial charge in [-0.2, -0.15) is 5.26 Å². The molecular weight excluding hydrogens is 306 g/mol. The Balaban J connectivity index is 1.67. The summed E-state index contributed by atoms with van der Waals surface area (Å²) in [5.74, 6) is 2.24. The van der Waals surface area contributed by atoms with E-state index in [1.54, 1.807) is 20.4 Å². The minimum atomic E-state index is 0.268. The maximum atomic E-state index is 8.76. The lowest BCUT2D eigenvalue weighted by Gasteiger charge is -2.20. The van der Waals surface area contributed by atoms with E-state index in [4.69, 9.17) is 14.7 Å². The number of nitrogens with zero attached hydrogens (tertiary/aromatic N) is 4. The van der Waals surface area contributed by atoms with E-state index >= 15 is 0 Å². The highest BCUT2D eigenvalue weighted by atomic mass is 16.5. The van der Waals surface area contributed by atoms with Crippen molar-refractivity contribution in [2.45, 2.75) is 12.5 Å². The van der Waals surface area contributed by atoms with E-state index in [-0.39, 0.29) is 6.04 Å². The summed E-state index contributed by atoms with van der Waals surface area (Å²) in [4.78, 5) is 10.5. The van der Waals surface area contributed by atoms with Crippen LogP contribution < -0.4 is 19.7 Å². The van der Waals surface area contributed by atoms with E-state index in [1.165, 1.54) is 6.20 Å². The first-order valence-electron chi connectivity index (χ1n) is 7.68. The van der Waals surface area contributed by atoms with Crippen LogP contribution in [-0.4, -0.2) is 43.3 Å². The number of nitrogens with one attached hydrogen (secondary N) is 1. The van der Waals surface area contributed by atoms with Gasteiger partial charge in [-0.3, -0.25) is 0 Å². The van der Waals surface area contributed by atoms with Crippen molar-refractivity contribution < 1.29 is 9.47 Å². The monoisotopic (exact) mass is 325 g/mol. The minimum absolute atomic E-state index is 0.268. The van der Waals surface area contributed by atoms with Crippen molar-refractivity contribution in [3.8, 4) is 17.6 Å². The summed E-state index contributed by atoms with van der Waals surface area (Å²) in [6.45, 7) is 1.77. The minimum Gasteiger partial charge on any atom is -0.497 e. The zero-order chi connectivity index (χ0) is 16.9. The van der Waals surface area contributed by atoms with Crippen molar-refractivity contribution in [1.29, 1.82) is 5.26 Å². The van der Waals surface area contributed by atoms with Crippen LogP contribution in [0.2, 0.25) is 0 Å². The fraction of sp³-hybridized carbons (Fsp3) is 0.353. The second-order valence-electron chi connectivity index (χ2n) is 5.55. The van der Waals surface area contributed by atoms with Gasteiger partial charge in [-0.1, -0.05) is 0 Å². The Morgan fingerprint density at radius 3 is 2.50 bits per heavy atom. The quantitative estimate of drug-likeness (QED) is 0.900.